The quantitative estimate of drug-likeness (QED) is 0.338. The lowest BCUT2D eigenvalue weighted by atomic mass is 10.0. The first-order chi connectivity index (χ1) is 15.3. The molecule has 0 atom stereocenters. The van der Waals surface area contributed by atoms with E-state index in [9.17, 15) is 4.79 Å². The minimum Gasteiger partial charge on any atom is -0.491 e. The first-order valence-electron chi connectivity index (χ1n) is 11.5. The Balaban J connectivity index is 1.44. The predicted octanol–water partition coefficient (Wildman–Crippen LogP) is 5.91. The zero-order chi connectivity index (χ0) is 22.0. The van der Waals surface area contributed by atoms with E-state index in [1.54, 1.807) is 0 Å². The number of unbranched alkanes of at least 4 members (excludes halogenated alkanes) is 5. The topological polar surface area (TPSA) is 56.8 Å². The largest absolute Gasteiger partial charge is 0.491 e. The summed E-state index contributed by atoms with van der Waals surface area (Å²) in [5.74, 6) is 0.859. The molecule has 0 heterocycles. The Bertz CT molecular complexity index is 703. The summed E-state index contributed by atoms with van der Waals surface area (Å²) in [6, 6.07) is 17.9. The van der Waals surface area contributed by atoms with Gasteiger partial charge in [0.1, 0.15) is 19.0 Å². The molecule has 0 bridgehead atoms. The fourth-order valence-electron chi connectivity index (χ4n) is 3.18. The van der Waals surface area contributed by atoms with Crippen LogP contribution in [0.5, 0.6) is 5.75 Å². The third kappa shape index (κ3) is 12.0. The lowest BCUT2D eigenvalue weighted by molar-refractivity contribution is 0.0966. The highest BCUT2D eigenvalue weighted by atomic mass is 16.5. The maximum atomic E-state index is 11.6. The van der Waals surface area contributed by atoms with Crippen LogP contribution >= 0.6 is 0 Å². The number of amides is 1. The molecule has 31 heavy (non-hydrogen) atoms. The van der Waals surface area contributed by atoms with Crippen LogP contribution in [0.4, 0.5) is 4.79 Å². The van der Waals surface area contributed by atoms with Gasteiger partial charge in [0.2, 0.25) is 0 Å². The molecule has 2 aromatic rings. The minimum atomic E-state index is -0.440. The van der Waals surface area contributed by atoms with Crippen molar-refractivity contribution in [2.75, 3.05) is 26.4 Å². The maximum Gasteiger partial charge on any atom is 0.407 e. The molecule has 0 aromatic heterocycles. The molecule has 0 radical (unpaired) electrons. The Kier molecular flexibility index (Phi) is 12.9. The molecule has 170 valence electrons. The maximum absolute atomic E-state index is 11.6. The van der Waals surface area contributed by atoms with Crippen LogP contribution < -0.4 is 10.1 Å². The van der Waals surface area contributed by atoms with Crippen molar-refractivity contribution >= 4 is 6.09 Å². The standard InChI is InChI=1S/C26H37NO4/c1-2-3-4-5-6-8-11-23-14-16-25(17-15-23)30-21-20-29-19-18-27-26(28)31-22-24-12-9-7-10-13-24/h7,9-10,12-17H,2-6,8,11,18-22H2,1H3,(H,27,28). The summed E-state index contributed by atoms with van der Waals surface area (Å²) in [5, 5.41) is 2.67. The van der Waals surface area contributed by atoms with E-state index in [2.05, 4.69) is 24.4 Å². The van der Waals surface area contributed by atoms with Gasteiger partial charge in [-0.15, -0.1) is 0 Å². The van der Waals surface area contributed by atoms with Crippen molar-refractivity contribution in [3.63, 3.8) is 0 Å². The Labute approximate surface area is 187 Å². The number of hydrogen-bond acceptors (Lipinski definition) is 4. The van der Waals surface area contributed by atoms with Gasteiger partial charge in [-0.1, -0.05) is 81.5 Å². The normalized spacial score (nSPS) is 10.6. The van der Waals surface area contributed by atoms with E-state index in [0.717, 1.165) is 17.7 Å². The number of carbonyl (C=O) groups excluding carboxylic acids is 1. The molecular formula is C26H37NO4. The summed E-state index contributed by atoms with van der Waals surface area (Å²) in [5.41, 5.74) is 2.32. The molecule has 5 nitrogen and oxygen atoms in total. The van der Waals surface area contributed by atoms with E-state index >= 15 is 0 Å². The highest BCUT2D eigenvalue weighted by Gasteiger charge is 2.02. The minimum absolute atomic E-state index is 0.263. The van der Waals surface area contributed by atoms with E-state index in [-0.39, 0.29) is 6.61 Å². The van der Waals surface area contributed by atoms with E-state index in [1.807, 2.05) is 42.5 Å². The van der Waals surface area contributed by atoms with Crippen LogP contribution in [0.2, 0.25) is 0 Å². The van der Waals surface area contributed by atoms with Gasteiger partial charge in [-0.05, 0) is 36.1 Å². The third-order valence-electron chi connectivity index (χ3n) is 4.97. The average molecular weight is 428 g/mol. The lowest BCUT2D eigenvalue weighted by Crippen LogP contribution is -2.28. The zero-order valence-electron chi connectivity index (χ0n) is 18.8. The molecule has 0 saturated heterocycles. The van der Waals surface area contributed by atoms with Gasteiger partial charge in [-0.3, -0.25) is 0 Å². The van der Waals surface area contributed by atoms with Crippen molar-refractivity contribution in [3.8, 4) is 5.75 Å². The molecular weight excluding hydrogens is 390 g/mol. The average Bonchev–Trinajstić information content (AvgIpc) is 2.81. The molecule has 5 heteroatoms. The number of benzene rings is 2. The fourth-order valence-corrected chi connectivity index (χ4v) is 3.18. The summed E-state index contributed by atoms with van der Waals surface area (Å²) in [7, 11) is 0. The van der Waals surface area contributed by atoms with Crippen molar-refractivity contribution in [2.45, 2.75) is 58.5 Å². The third-order valence-corrected chi connectivity index (χ3v) is 4.97. The Morgan fingerprint density at radius 1 is 0.806 bits per heavy atom. The first-order valence-corrected chi connectivity index (χ1v) is 11.5. The second-order valence-corrected chi connectivity index (χ2v) is 7.61. The molecule has 0 aliphatic heterocycles. The molecule has 1 N–H and O–H groups in total. The second kappa shape index (κ2) is 16.2. The monoisotopic (exact) mass is 427 g/mol. The van der Waals surface area contributed by atoms with Crippen LogP contribution in [0.3, 0.4) is 0 Å². The first kappa shape index (κ1) is 24.7. The number of aryl methyl sites for hydroxylation is 1. The van der Waals surface area contributed by atoms with Gasteiger partial charge in [-0.25, -0.2) is 4.79 Å². The smallest absolute Gasteiger partial charge is 0.407 e. The van der Waals surface area contributed by atoms with Crippen LogP contribution in [0.15, 0.2) is 54.6 Å². The lowest BCUT2D eigenvalue weighted by Gasteiger charge is -2.09. The van der Waals surface area contributed by atoms with Crippen LogP contribution in [-0.4, -0.2) is 32.5 Å². The molecule has 0 spiro atoms. The molecule has 0 aliphatic carbocycles. The number of ether oxygens (including phenoxy) is 3. The van der Waals surface area contributed by atoms with Gasteiger partial charge in [0.15, 0.2) is 0 Å². The van der Waals surface area contributed by atoms with E-state index in [1.165, 1.54) is 44.1 Å². The second-order valence-electron chi connectivity index (χ2n) is 7.61. The molecule has 1 amide bonds. The van der Waals surface area contributed by atoms with Gasteiger partial charge in [0.05, 0.1) is 13.2 Å². The fraction of sp³-hybridized carbons (Fsp3) is 0.500. The predicted molar refractivity (Wildman–Crippen MR) is 124 cm³/mol. The van der Waals surface area contributed by atoms with Crippen molar-refractivity contribution in [2.24, 2.45) is 0 Å². The molecule has 0 saturated carbocycles. The number of alkyl carbamates (subject to hydrolysis) is 1. The zero-order valence-corrected chi connectivity index (χ0v) is 18.8. The van der Waals surface area contributed by atoms with Crippen molar-refractivity contribution in [1.82, 2.24) is 5.32 Å². The Morgan fingerprint density at radius 3 is 2.32 bits per heavy atom. The van der Waals surface area contributed by atoms with Crippen molar-refractivity contribution in [3.05, 3.63) is 65.7 Å². The molecule has 2 rings (SSSR count). The number of nitrogens with one attached hydrogen (secondary N) is 1. The van der Waals surface area contributed by atoms with Gasteiger partial charge < -0.3 is 19.5 Å². The summed E-state index contributed by atoms with van der Waals surface area (Å²) < 4.78 is 16.3. The molecule has 0 aliphatic rings. The Morgan fingerprint density at radius 2 is 1.55 bits per heavy atom. The van der Waals surface area contributed by atoms with Crippen LogP contribution in [-0.2, 0) is 22.5 Å². The van der Waals surface area contributed by atoms with Gasteiger partial charge >= 0.3 is 6.09 Å². The highest BCUT2D eigenvalue weighted by Crippen LogP contribution is 2.15. The molecule has 0 unspecified atom stereocenters. The van der Waals surface area contributed by atoms with Gasteiger partial charge in [-0.2, -0.15) is 0 Å². The number of hydrogen-bond donors (Lipinski definition) is 1. The van der Waals surface area contributed by atoms with Gasteiger partial charge in [0.25, 0.3) is 0 Å². The summed E-state index contributed by atoms with van der Waals surface area (Å²) in [6.07, 6.45) is 8.63. The van der Waals surface area contributed by atoms with Crippen LogP contribution in [0.25, 0.3) is 0 Å². The summed E-state index contributed by atoms with van der Waals surface area (Å²) >= 11 is 0. The van der Waals surface area contributed by atoms with E-state index in [4.69, 9.17) is 14.2 Å². The van der Waals surface area contributed by atoms with Crippen LogP contribution in [0, 0.1) is 0 Å². The highest BCUT2D eigenvalue weighted by molar-refractivity contribution is 5.67. The number of carbonyl (C=O) groups is 1. The van der Waals surface area contributed by atoms with Gasteiger partial charge in [0, 0.05) is 6.54 Å². The summed E-state index contributed by atoms with van der Waals surface area (Å²) in [6.45, 7) is 4.29. The molecule has 2 aromatic carbocycles. The van der Waals surface area contributed by atoms with Crippen molar-refractivity contribution in [1.29, 1.82) is 0 Å². The summed E-state index contributed by atoms with van der Waals surface area (Å²) in [4.78, 5) is 11.6. The van der Waals surface area contributed by atoms with Crippen molar-refractivity contribution < 1.29 is 19.0 Å². The van der Waals surface area contributed by atoms with E-state index in [0.29, 0.717) is 26.4 Å². The number of rotatable bonds is 16. The van der Waals surface area contributed by atoms with E-state index < -0.39 is 6.09 Å². The SMILES string of the molecule is CCCCCCCCc1ccc(OCCOCCNC(=O)OCc2ccccc2)cc1. The van der Waals surface area contributed by atoms with Crippen LogP contribution in [0.1, 0.15) is 56.6 Å². The molecule has 0 fully saturated rings. The Hall–Kier alpha value is -2.53.